The van der Waals surface area contributed by atoms with Gasteiger partial charge in [-0.1, -0.05) is 12.1 Å². The van der Waals surface area contributed by atoms with E-state index in [0.717, 1.165) is 24.3 Å². The SMILES string of the molecule is O=C(CS(=O)(=O)c1ccc(S(=O)(=O)C(F)(F)C(F)(F)C(F)(F)F)cc1[N+](=O)[O-])Nc1ccccc1SC(F)(F)F. The lowest BCUT2D eigenvalue weighted by Crippen LogP contribution is -2.55. The van der Waals surface area contributed by atoms with Gasteiger partial charge in [0, 0.05) is 11.0 Å². The molecule has 2 rings (SSSR count). The number of anilines is 1. The molecule has 0 aliphatic carbocycles. The van der Waals surface area contributed by atoms with Gasteiger partial charge in [-0.15, -0.1) is 0 Å². The fourth-order valence-electron chi connectivity index (χ4n) is 2.77. The molecule has 0 aliphatic heterocycles. The average molecular weight is 652 g/mol. The van der Waals surface area contributed by atoms with Crippen LogP contribution in [0.15, 0.2) is 57.2 Å². The molecule has 0 spiro atoms. The van der Waals surface area contributed by atoms with E-state index in [1.807, 2.05) is 0 Å². The lowest BCUT2D eigenvalue weighted by Gasteiger charge is -2.27. The second-order valence-electron chi connectivity index (χ2n) is 7.33. The summed E-state index contributed by atoms with van der Waals surface area (Å²) in [6.07, 6.45) is -7.09. The topological polar surface area (TPSA) is 141 Å². The molecule has 0 radical (unpaired) electrons. The quantitative estimate of drug-likeness (QED) is 0.169. The predicted octanol–water partition coefficient (Wildman–Crippen LogP) is 5.18. The highest BCUT2D eigenvalue weighted by Gasteiger charge is 2.78. The lowest BCUT2D eigenvalue weighted by atomic mass is 10.3. The van der Waals surface area contributed by atoms with Gasteiger partial charge in [0.25, 0.3) is 15.5 Å². The predicted molar refractivity (Wildman–Crippen MR) is 115 cm³/mol. The molecule has 9 nitrogen and oxygen atoms in total. The molecule has 2 aromatic rings. The molecule has 0 bridgehead atoms. The third-order valence-electron chi connectivity index (χ3n) is 4.54. The number of nitrogens with zero attached hydrogens (tertiary/aromatic N) is 1. The zero-order valence-electron chi connectivity index (χ0n) is 18.6. The van der Waals surface area contributed by atoms with Crippen LogP contribution in [0.25, 0.3) is 0 Å². The van der Waals surface area contributed by atoms with Crippen molar-refractivity contribution < 1.29 is 70.5 Å². The number of hydrogen-bond donors (Lipinski definition) is 1. The van der Waals surface area contributed by atoms with Crippen LogP contribution >= 0.6 is 11.8 Å². The number of carbonyl (C=O) groups excluding carboxylic acids is 1. The Hall–Kier alpha value is -3.14. The highest BCUT2D eigenvalue weighted by Crippen LogP contribution is 2.51. The maximum Gasteiger partial charge on any atom is 0.461 e. The maximum atomic E-state index is 13.9. The monoisotopic (exact) mass is 652 g/mol. The second kappa shape index (κ2) is 10.7. The van der Waals surface area contributed by atoms with E-state index in [4.69, 9.17) is 0 Å². The fraction of sp³-hybridized carbons (Fsp3) is 0.278. The molecule has 0 aliphatic rings. The van der Waals surface area contributed by atoms with Gasteiger partial charge in [-0.2, -0.15) is 43.9 Å². The summed E-state index contributed by atoms with van der Waals surface area (Å²) in [7, 11) is -12.3. The Balaban J connectivity index is 2.49. The van der Waals surface area contributed by atoms with E-state index in [0.29, 0.717) is 0 Å². The van der Waals surface area contributed by atoms with Crippen LogP contribution in [0.3, 0.4) is 0 Å². The molecule has 1 amide bonds. The number of alkyl halides is 10. The van der Waals surface area contributed by atoms with Crippen LogP contribution in [0.4, 0.5) is 55.3 Å². The van der Waals surface area contributed by atoms with E-state index < -0.39 is 103 Å². The average Bonchev–Trinajstić information content (AvgIpc) is 2.77. The molecule has 1 N–H and O–H groups in total. The molecule has 2 aromatic carbocycles. The van der Waals surface area contributed by atoms with Crippen molar-refractivity contribution in [1.82, 2.24) is 0 Å². The normalized spacial score (nSPS) is 13.7. The van der Waals surface area contributed by atoms with Crippen LogP contribution in [0.1, 0.15) is 0 Å². The van der Waals surface area contributed by atoms with Crippen molar-refractivity contribution in [2.75, 3.05) is 11.1 Å². The van der Waals surface area contributed by atoms with E-state index in [-0.39, 0.29) is 12.1 Å². The molecule has 222 valence electrons. The summed E-state index contributed by atoms with van der Waals surface area (Å²) in [5.41, 5.74) is -7.29. The molecule has 0 unspecified atom stereocenters. The number of nitro groups is 1. The smallest absolute Gasteiger partial charge is 0.324 e. The molecular weight excluding hydrogens is 642 g/mol. The van der Waals surface area contributed by atoms with Gasteiger partial charge in [-0.25, -0.2) is 16.8 Å². The molecule has 40 heavy (non-hydrogen) atoms. The Kier molecular flexibility index (Phi) is 8.83. The zero-order valence-corrected chi connectivity index (χ0v) is 21.0. The number of nitro benzene ring substituents is 1. The van der Waals surface area contributed by atoms with Gasteiger partial charge in [-0.3, -0.25) is 14.9 Å². The van der Waals surface area contributed by atoms with Crippen LogP contribution < -0.4 is 5.32 Å². The first-order valence-corrected chi connectivity index (χ1v) is 13.5. The number of thioether (sulfide) groups is 1. The number of sulfone groups is 2. The number of amides is 1. The van der Waals surface area contributed by atoms with Crippen molar-refractivity contribution in [3.8, 4) is 0 Å². The van der Waals surface area contributed by atoms with Crippen LogP contribution in [-0.4, -0.2) is 56.3 Å². The minimum atomic E-state index is -7.18. The van der Waals surface area contributed by atoms with Gasteiger partial charge >= 0.3 is 22.9 Å². The van der Waals surface area contributed by atoms with Gasteiger partial charge in [0.2, 0.25) is 5.91 Å². The van der Waals surface area contributed by atoms with Gasteiger partial charge in [0.15, 0.2) is 9.84 Å². The zero-order chi connectivity index (χ0) is 31.1. The third kappa shape index (κ3) is 6.59. The Morgan fingerprint density at radius 3 is 1.95 bits per heavy atom. The Morgan fingerprint density at radius 1 is 0.900 bits per heavy atom. The van der Waals surface area contributed by atoms with Crippen molar-refractivity contribution in [3.05, 3.63) is 52.6 Å². The number of carbonyl (C=O) groups is 1. The lowest BCUT2D eigenvalue weighted by molar-refractivity contribution is -0.388. The summed E-state index contributed by atoms with van der Waals surface area (Å²) < 4.78 is 179. The summed E-state index contributed by atoms with van der Waals surface area (Å²) in [6, 6.07) is 3.21. The van der Waals surface area contributed by atoms with Crippen molar-refractivity contribution in [3.63, 3.8) is 0 Å². The summed E-state index contributed by atoms with van der Waals surface area (Å²) in [5.74, 6) is -10.5. The molecule has 0 atom stereocenters. The third-order valence-corrected chi connectivity index (χ3v) is 8.81. The number of benzene rings is 2. The Bertz CT molecular complexity index is 1540. The van der Waals surface area contributed by atoms with E-state index in [1.165, 1.54) is 0 Å². The molecule has 0 fully saturated rings. The van der Waals surface area contributed by atoms with Gasteiger partial charge < -0.3 is 5.32 Å². The number of hydrogen-bond acceptors (Lipinski definition) is 8. The Morgan fingerprint density at radius 2 is 1.45 bits per heavy atom. The molecule has 0 saturated heterocycles. The van der Waals surface area contributed by atoms with E-state index >= 15 is 0 Å². The number of halogens is 10. The largest absolute Gasteiger partial charge is 0.461 e. The van der Waals surface area contributed by atoms with Crippen LogP contribution in [0.5, 0.6) is 0 Å². The summed E-state index contributed by atoms with van der Waals surface area (Å²) >= 11 is -0.696. The van der Waals surface area contributed by atoms with Crippen molar-refractivity contribution in [2.24, 2.45) is 0 Å². The molecule has 0 heterocycles. The molecule has 0 saturated carbocycles. The van der Waals surface area contributed by atoms with Crippen LogP contribution in [0.2, 0.25) is 0 Å². The fourth-order valence-corrected chi connectivity index (χ4v) is 5.96. The minimum absolute atomic E-state index is 0.108. The number of rotatable bonds is 9. The minimum Gasteiger partial charge on any atom is -0.324 e. The first-order valence-electron chi connectivity index (χ1n) is 9.58. The van der Waals surface area contributed by atoms with Crippen LogP contribution in [-0.2, 0) is 24.5 Å². The molecular formula is C18H10F10N2O7S3. The van der Waals surface area contributed by atoms with Crippen LogP contribution in [0, 0.1) is 10.1 Å². The molecule has 22 heteroatoms. The summed E-state index contributed by atoms with van der Waals surface area (Å²) in [5, 5.41) is 6.22. The van der Waals surface area contributed by atoms with Gasteiger partial charge in [0.05, 0.1) is 15.5 Å². The standard InChI is InChI=1S/C18H10F10N2O7S3/c19-15(20,16(21,22)23)17(24,25)40(36,37)9-5-6-13(11(7-9)30(32)33)39(34,35)8-14(31)29-10-3-1-2-4-12(10)38-18(26,27)28/h1-7H,8H2,(H,29,31). The van der Waals surface area contributed by atoms with E-state index in [2.05, 4.69) is 0 Å². The van der Waals surface area contributed by atoms with Gasteiger partial charge in [0.1, 0.15) is 10.6 Å². The highest BCUT2D eigenvalue weighted by molar-refractivity contribution is 8.00. The number of nitrogens with one attached hydrogen (secondary N) is 1. The van der Waals surface area contributed by atoms with Crippen molar-refractivity contribution >= 4 is 48.7 Å². The first kappa shape index (κ1) is 33.1. The second-order valence-corrected chi connectivity index (χ2v) is 12.4. The first-order chi connectivity index (χ1) is 17.8. The van der Waals surface area contributed by atoms with Gasteiger partial charge in [-0.05, 0) is 36.0 Å². The Labute approximate surface area is 220 Å². The van der Waals surface area contributed by atoms with E-state index in [1.54, 1.807) is 5.32 Å². The van der Waals surface area contributed by atoms with Crippen molar-refractivity contribution in [2.45, 2.75) is 37.5 Å². The summed E-state index contributed by atoms with van der Waals surface area (Å²) in [4.78, 5) is 17.5. The number of para-hydroxylation sites is 1. The van der Waals surface area contributed by atoms with E-state index in [9.17, 15) is 75.6 Å². The summed E-state index contributed by atoms with van der Waals surface area (Å²) in [6.45, 7) is 0. The molecule has 0 aromatic heterocycles. The maximum absolute atomic E-state index is 13.9. The van der Waals surface area contributed by atoms with Crippen molar-refractivity contribution in [1.29, 1.82) is 0 Å². The highest BCUT2D eigenvalue weighted by atomic mass is 32.2.